The summed E-state index contributed by atoms with van der Waals surface area (Å²) in [4.78, 5) is 12.0. The van der Waals surface area contributed by atoms with Crippen LogP contribution in [0.4, 0.5) is 4.39 Å². The molecule has 1 saturated carbocycles. The van der Waals surface area contributed by atoms with E-state index in [9.17, 15) is 14.3 Å². The van der Waals surface area contributed by atoms with Crippen molar-refractivity contribution in [3.63, 3.8) is 0 Å². The number of hydrogen-bond donors (Lipinski definition) is 2. The van der Waals surface area contributed by atoms with Gasteiger partial charge in [-0.2, -0.15) is 0 Å². The van der Waals surface area contributed by atoms with E-state index in [2.05, 4.69) is 5.32 Å². The van der Waals surface area contributed by atoms with Crippen LogP contribution < -0.4 is 5.32 Å². The zero-order valence-corrected chi connectivity index (χ0v) is 11.9. The second-order valence-electron chi connectivity index (χ2n) is 5.66. The molecule has 0 aliphatic heterocycles. The van der Waals surface area contributed by atoms with Gasteiger partial charge in [0.05, 0.1) is 0 Å². The Hall–Kier alpha value is -1.42. The first-order chi connectivity index (χ1) is 9.61. The molecule has 1 aliphatic rings. The van der Waals surface area contributed by atoms with Crippen LogP contribution in [0.1, 0.15) is 41.6 Å². The van der Waals surface area contributed by atoms with Gasteiger partial charge < -0.3 is 10.4 Å². The van der Waals surface area contributed by atoms with Crippen molar-refractivity contribution in [1.29, 1.82) is 0 Å². The summed E-state index contributed by atoms with van der Waals surface area (Å²) in [5.74, 6) is 0.169. The molecule has 2 atom stereocenters. The highest BCUT2D eigenvalue weighted by Crippen LogP contribution is 2.29. The molecule has 0 spiro atoms. The van der Waals surface area contributed by atoms with Crippen LogP contribution in [0.5, 0.6) is 0 Å². The molecule has 4 heteroatoms. The molecule has 3 nitrogen and oxygen atoms in total. The van der Waals surface area contributed by atoms with Gasteiger partial charge >= 0.3 is 0 Å². The summed E-state index contributed by atoms with van der Waals surface area (Å²) < 4.78 is 13.2. The minimum Gasteiger partial charge on any atom is -0.396 e. The lowest BCUT2D eigenvalue weighted by atomic mass is 9.79. The summed E-state index contributed by atoms with van der Waals surface area (Å²) in [6.07, 6.45) is 4.40. The van der Waals surface area contributed by atoms with Crippen molar-refractivity contribution in [2.24, 2.45) is 11.8 Å². The monoisotopic (exact) mass is 279 g/mol. The Kier molecular flexibility index (Phi) is 5.12. The van der Waals surface area contributed by atoms with Gasteiger partial charge in [-0.15, -0.1) is 0 Å². The van der Waals surface area contributed by atoms with E-state index in [-0.39, 0.29) is 18.3 Å². The van der Waals surface area contributed by atoms with Crippen LogP contribution in [-0.4, -0.2) is 24.2 Å². The Morgan fingerprint density at radius 3 is 2.70 bits per heavy atom. The first-order valence-electron chi connectivity index (χ1n) is 7.27. The fraction of sp³-hybridized carbons (Fsp3) is 0.562. The number of hydrogen-bond acceptors (Lipinski definition) is 2. The molecule has 0 heterocycles. The van der Waals surface area contributed by atoms with E-state index in [1.54, 1.807) is 13.0 Å². The molecule has 20 heavy (non-hydrogen) atoms. The third kappa shape index (κ3) is 3.57. The molecular weight excluding hydrogens is 257 g/mol. The van der Waals surface area contributed by atoms with E-state index in [1.807, 2.05) is 0 Å². The van der Waals surface area contributed by atoms with Crippen LogP contribution in [0.25, 0.3) is 0 Å². The van der Waals surface area contributed by atoms with Gasteiger partial charge in [0.1, 0.15) is 5.82 Å². The standard InChI is InChI=1S/C16H22FNO2/c1-11-8-12(6-7-15(11)17)16(20)18-9-13-4-2-3-5-14(13)10-19/h6-8,13-14,19H,2-5,9-10H2,1H3,(H,18,20). The number of carbonyl (C=O) groups excluding carboxylic acids is 1. The number of rotatable bonds is 4. The smallest absolute Gasteiger partial charge is 0.251 e. The van der Waals surface area contributed by atoms with Crippen molar-refractivity contribution < 1.29 is 14.3 Å². The second kappa shape index (κ2) is 6.84. The third-order valence-corrected chi connectivity index (χ3v) is 4.25. The van der Waals surface area contributed by atoms with Crippen LogP contribution in [0, 0.1) is 24.6 Å². The molecule has 1 fully saturated rings. The van der Waals surface area contributed by atoms with E-state index in [1.165, 1.54) is 12.1 Å². The minimum atomic E-state index is -0.297. The second-order valence-corrected chi connectivity index (χ2v) is 5.66. The number of aliphatic hydroxyl groups excluding tert-OH is 1. The minimum absolute atomic E-state index is 0.171. The predicted octanol–water partition coefficient (Wildman–Crippen LogP) is 2.66. The van der Waals surface area contributed by atoms with E-state index in [4.69, 9.17) is 0 Å². The van der Waals surface area contributed by atoms with Gasteiger partial charge in [-0.05, 0) is 55.4 Å². The predicted molar refractivity (Wildman–Crippen MR) is 76.0 cm³/mol. The molecule has 1 aromatic rings. The zero-order chi connectivity index (χ0) is 14.5. The van der Waals surface area contributed by atoms with Crippen molar-refractivity contribution in [2.75, 3.05) is 13.2 Å². The average molecular weight is 279 g/mol. The maximum atomic E-state index is 13.2. The summed E-state index contributed by atoms with van der Waals surface area (Å²) in [7, 11) is 0. The van der Waals surface area contributed by atoms with Gasteiger partial charge in [0.15, 0.2) is 0 Å². The number of aryl methyl sites for hydroxylation is 1. The van der Waals surface area contributed by atoms with Gasteiger partial charge in [-0.25, -0.2) is 4.39 Å². The van der Waals surface area contributed by atoms with E-state index < -0.39 is 0 Å². The Morgan fingerprint density at radius 2 is 2.05 bits per heavy atom. The maximum Gasteiger partial charge on any atom is 0.251 e. The average Bonchev–Trinajstić information content (AvgIpc) is 2.47. The number of amides is 1. The first-order valence-corrected chi connectivity index (χ1v) is 7.27. The van der Waals surface area contributed by atoms with Crippen molar-refractivity contribution in [1.82, 2.24) is 5.32 Å². The summed E-state index contributed by atoms with van der Waals surface area (Å²) in [6, 6.07) is 4.39. The lowest BCUT2D eigenvalue weighted by Gasteiger charge is -2.30. The normalized spacial score (nSPS) is 22.6. The van der Waals surface area contributed by atoms with Gasteiger partial charge in [0, 0.05) is 18.7 Å². The molecule has 2 N–H and O–H groups in total. The number of carbonyl (C=O) groups is 1. The Morgan fingerprint density at radius 1 is 1.35 bits per heavy atom. The Labute approximate surface area is 119 Å². The highest BCUT2D eigenvalue weighted by atomic mass is 19.1. The molecular formula is C16H22FNO2. The summed E-state index contributed by atoms with van der Waals surface area (Å²) in [6.45, 7) is 2.42. The van der Waals surface area contributed by atoms with E-state index in [0.717, 1.165) is 25.7 Å². The van der Waals surface area contributed by atoms with Crippen LogP contribution in [0.15, 0.2) is 18.2 Å². The Bertz CT molecular complexity index is 476. The van der Waals surface area contributed by atoms with Crippen molar-refractivity contribution in [3.05, 3.63) is 35.1 Å². The van der Waals surface area contributed by atoms with Gasteiger partial charge in [0.25, 0.3) is 5.91 Å². The molecule has 0 aromatic heterocycles. The van der Waals surface area contributed by atoms with E-state index in [0.29, 0.717) is 29.5 Å². The van der Waals surface area contributed by atoms with Crippen molar-refractivity contribution in [2.45, 2.75) is 32.6 Å². The van der Waals surface area contributed by atoms with Gasteiger partial charge in [0.2, 0.25) is 0 Å². The molecule has 0 bridgehead atoms. The molecule has 0 radical (unpaired) electrons. The van der Waals surface area contributed by atoms with Crippen molar-refractivity contribution in [3.8, 4) is 0 Å². The van der Waals surface area contributed by atoms with E-state index >= 15 is 0 Å². The SMILES string of the molecule is Cc1cc(C(=O)NCC2CCCCC2CO)ccc1F. The molecule has 110 valence electrons. The van der Waals surface area contributed by atoms with Gasteiger partial charge in [-0.1, -0.05) is 12.8 Å². The topological polar surface area (TPSA) is 49.3 Å². The zero-order valence-electron chi connectivity index (χ0n) is 11.9. The maximum absolute atomic E-state index is 13.2. The fourth-order valence-corrected chi connectivity index (χ4v) is 2.91. The van der Waals surface area contributed by atoms with Crippen LogP contribution in [0.2, 0.25) is 0 Å². The number of aliphatic hydroxyl groups is 1. The van der Waals surface area contributed by atoms with Gasteiger partial charge in [-0.3, -0.25) is 4.79 Å². The number of halogens is 1. The van der Waals surface area contributed by atoms with Crippen LogP contribution >= 0.6 is 0 Å². The fourth-order valence-electron chi connectivity index (χ4n) is 2.91. The van der Waals surface area contributed by atoms with Crippen molar-refractivity contribution >= 4 is 5.91 Å². The summed E-state index contributed by atoms with van der Waals surface area (Å²) in [5, 5.41) is 12.3. The molecule has 0 saturated heterocycles. The molecule has 1 aromatic carbocycles. The molecule has 2 unspecified atom stereocenters. The molecule has 1 amide bonds. The highest BCUT2D eigenvalue weighted by Gasteiger charge is 2.24. The largest absolute Gasteiger partial charge is 0.396 e. The Balaban J connectivity index is 1.92. The van der Waals surface area contributed by atoms with Crippen LogP contribution in [0.3, 0.4) is 0 Å². The number of nitrogens with one attached hydrogen (secondary N) is 1. The summed E-state index contributed by atoms with van der Waals surface area (Å²) >= 11 is 0. The summed E-state index contributed by atoms with van der Waals surface area (Å²) in [5.41, 5.74) is 0.962. The quantitative estimate of drug-likeness (QED) is 0.890. The first kappa shape index (κ1) is 15.0. The highest BCUT2D eigenvalue weighted by molar-refractivity contribution is 5.94. The molecule has 2 rings (SSSR count). The molecule has 1 aliphatic carbocycles. The number of benzene rings is 1. The lowest BCUT2D eigenvalue weighted by molar-refractivity contribution is 0.0909. The lowest BCUT2D eigenvalue weighted by Crippen LogP contribution is -2.35. The van der Waals surface area contributed by atoms with Crippen LogP contribution in [-0.2, 0) is 0 Å². The third-order valence-electron chi connectivity index (χ3n) is 4.25.